The number of nitrogens with two attached hydrogens (primary N) is 1. The van der Waals surface area contributed by atoms with Crippen LogP contribution in [0.4, 0.5) is 0 Å². The molecule has 0 aliphatic rings. The molecule has 0 saturated carbocycles. The number of nitrogen functional groups attached to an aromatic ring is 1. The van der Waals surface area contributed by atoms with Gasteiger partial charge in [-0.1, -0.05) is 12.1 Å². The van der Waals surface area contributed by atoms with Gasteiger partial charge in [-0.05, 0) is 25.1 Å². The van der Waals surface area contributed by atoms with E-state index in [4.69, 9.17) is 15.6 Å². The summed E-state index contributed by atoms with van der Waals surface area (Å²) in [6.07, 6.45) is 1.59. The van der Waals surface area contributed by atoms with Crippen LogP contribution in [-0.4, -0.2) is 25.8 Å². The average Bonchev–Trinajstić information content (AvgIpc) is 2.84. The molecule has 0 spiro atoms. The highest BCUT2D eigenvalue weighted by atomic mass is 32.2. The first-order valence-electron chi connectivity index (χ1n) is 6.24. The topological polar surface area (TPSA) is 97.1 Å². The molecule has 0 aliphatic carbocycles. The minimum Gasteiger partial charge on any atom is -0.468 e. The summed E-state index contributed by atoms with van der Waals surface area (Å²) in [6.45, 7) is 1.84. The molecule has 0 radical (unpaired) electrons. The molecule has 112 valence electrons. The minimum atomic E-state index is -3.33. The Balaban J connectivity index is 2.01. The normalized spacial score (nSPS) is 11.5. The number of furan rings is 1. The quantitative estimate of drug-likeness (QED) is 0.483. The van der Waals surface area contributed by atoms with Gasteiger partial charge in [0.15, 0.2) is 9.84 Å². The first-order valence-corrected chi connectivity index (χ1v) is 8.88. The van der Waals surface area contributed by atoms with Gasteiger partial charge in [0, 0.05) is 16.2 Å². The Morgan fingerprint density at radius 2 is 1.95 bits per heavy atom. The predicted octanol–water partition coefficient (Wildman–Crippen LogP) is 2.44. The number of benzene rings is 1. The van der Waals surface area contributed by atoms with Crippen molar-refractivity contribution in [2.45, 2.75) is 16.7 Å². The SMILES string of the molecule is Cc1occc1SCCS(=O)(=O)c1ccc(C(=N)N)cc1. The van der Waals surface area contributed by atoms with Crippen molar-refractivity contribution < 1.29 is 12.8 Å². The molecule has 0 bridgehead atoms. The van der Waals surface area contributed by atoms with E-state index in [0.717, 1.165) is 10.7 Å². The van der Waals surface area contributed by atoms with Gasteiger partial charge in [0.2, 0.25) is 0 Å². The first kappa shape index (κ1) is 15.7. The lowest BCUT2D eigenvalue weighted by molar-refractivity contribution is 0.527. The van der Waals surface area contributed by atoms with E-state index < -0.39 is 9.84 Å². The van der Waals surface area contributed by atoms with Crippen molar-refractivity contribution in [1.82, 2.24) is 0 Å². The van der Waals surface area contributed by atoms with Crippen LogP contribution in [0, 0.1) is 12.3 Å². The van der Waals surface area contributed by atoms with Crippen molar-refractivity contribution in [1.29, 1.82) is 5.41 Å². The zero-order valence-electron chi connectivity index (χ0n) is 11.5. The maximum Gasteiger partial charge on any atom is 0.179 e. The van der Waals surface area contributed by atoms with Gasteiger partial charge in [-0.25, -0.2) is 8.42 Å². The van der Waals surface area contributed by atoms with E-state index >= 15 is 0 Å². The van der Waals surface area contributed by atoms with Crippen molar-refractivity contribution in [2.24, 2.45) is 5.73 Å². The number of amidine groups is 1. The van der Waals surface area contributed by atoms with Gasteiger partial charge in [-0.3, -0.25) is 5.41 Å². The van der Waals surface area contributed by atoms with E-state index in [1.165, 1.54) is 23.9 Å². The summed E-state index contributed by atoms with van der Waals surface area (Å²) in [5, 5.41) is 7.29. The molecular formula is C14H16N2O3S2. The Kier molecular flexibility index (Phi) is 4.74. The third kappa shape index (κ3) is 3.89. The van der Waals surface area contributed by atoms with Crippen LogP contribution in [0.1, 0.15) is 11.3 Å². The number of nitrogens with one attached hydrogen (secondary N) is 1. The monoisotopic (exact) mass is 324 g/mol. The lowest BCUT2D eigenvalue weighted by Crippen LogP contribution is -2.12. The fourth-order valence-corrected chi connectivity index (χ4v) is 4.36. The summed E-state index contributed by atoms with van der Waals surface area (Å²) < 4.78 is 29.6. The molecule has 3 N–H and O–H groups in total. The van der Waals surface area contributed by atoms with E-state index in [1.54, 1.807) is 18.4 Å². The van der Waals surface area contributed by atoms with Crippen LogP contribution < -0.4 is 5.73 Å². The maximum absolute atomic E-state index is 12.2. The van der Waals surface area contributed by atoms with Gasteiger partial charge in [0.1, 0.15) is 11.6 Å². The van der Waals surface area contributed by atoms with Crippen LogP contribution in [0.3, 0.4) is 0 Å². The summed E-state index contributed by atoms with van der Waals surface area (Å²) >= 11 is 1.46. The zero-order chi connectivity index (χ0) is 15.5. The van der Waals surface area contributed by atoms with Gasteiger partial charge in [-0.2, -0.15) is 0 Å². The highest BCUT2D eigenvalue weighted by Gasteiger charge is 2.15. The third-order valence-electron chi connectivity index (χ3n) is 2.95. The number of sulfone groups is 1. The Hall–Kier alpha value is -1.73. The fraction of sp³-hybridized carbons (Fsp3) is 0.214. The minimum absolute atomic E-state index is 0.0434. The van der Waals surface area contributed by atoms with Crippen molar-refractivity contribution >= 4 is 27.4 Å². The summed E-state index contributed by atoms with van der Waals surface area (Å²) in [5.41, 5.74) is 5.85. The Labute approximate surface area is 128 Å². The van der Waals surface area contributed by atoms with Gasteiger partial charge < -0.3 is 10.2 Å². The number of thioether (sulfide) groups is 1. The predicted molar refractivity (Wildman–Crippen MR) is 83.7 cm³/mol. The van der Waals surface area contributed by atoms with Crippen LogP contribution in [-0.2, 0) is 9.84 Å². The summed E-state index contributed by atoms with van der Waals surface area (Å²) in [6, 6.07) is 7.89. The maximum atomic E-state index is 12.2. The van der Waals surface area contributed by atoms with Gasteiger partial charge in [0.05, 0.1) is 16.9 Å². The molecule has 0 unspecified atom stereocenters. The van der Waals surface area contributed by atoms with Crippen molar-refractivity contribution in [3.8, 4) is 0 Å². The lowest BCUT2D eigenvalue weighted by atomic mass is 10.2. The molecule has 5 nitrogen and oxygen atoms in total. The van der Waals surface area contributed by atoms with Crippen LogP contribution in [0.5, 0.6) is 0 Å². The Morgan fingerprint density at radius 3 is 2.48 bits per heavy atom. The van der Waals surface area contributed by atoms with E-state index in [9.17, 15) is 8.42 Å². The van der Waals surface area contributed by atoms with Crippen molar-refractivity contribution in [2.75, 3.05) is 11.5 Å². The van der Waals surface area contributed by atoms with E-state index in [-0.39, 0.29) is 16.5 Å². The van der Waals surface area contributed by atoms with Crippen LogP contribution >= 0.6 is 11.8 Å². The Bertz CT molecular complexity index is 734. The van der Waals surface area contributed by atoms with Gasteiger partial charge >= 0.3 is 0 Å². The second kappa shape index (κ2) is 6.36. The highest BCUT2D eigenvalue weighted by Crippen LogP contribution is 2.24. The van der Waals surface area contributed by atoms with E-state index in [2.05, 4.69) is 0 Å². The smallest absolute Gasteiger partial charge is 0.179 e. The molecule has 1 aromatic carbocycles. The molecular weight excluding hydrogens is 308 g/mol. The Morgan fingerprint density at radius 1 is 1.29 bits per heavy atom. The number of hydrogen-bond donors (Lipinski definition) is 2. The summed E-state index contributed by atoms with van der Waals surface area (Å²) in [7, 11) is -3.33. The van der Waals surface area contributed by atoms with Crippen molar-refractivity contribution in [3.05, 3.63) is 47.9 Å². The molecule has 0 saturated heterocycles. The second-order valence-corrected chi connectivity index (χ2v) is 7.69. The first-order chi connectivity index (χ1) is 9.90. The molecule has 1 aromatic heterocycles. The van der Waals surface area contributed by atoms with Crippen LogP contribution in [0.15, 0.2) is 50.8 Å². The van der Waals surface area contributed by atoms with Crippen LogP contribution in [0.2, 0.25) is 0 Å². The molecule has 0 amide bonds. The zero-order valence-corrected chi connectivity index (χ0v) is 13.1. The number of hydrogen-bond acceptors (Lipinski definition) is 5. The molecule has 0 fully saturated rings. The second-order valence-electron chi connectivity index (χ2n) is 4.45. The fourth-order valence-electron chi connectivity index (χ4n) is 1.74. The lowest BCUT2D eigenvalue weighted by Gasteiger charge is -2.05. The summed E-state index contributed by atoms with van der Waals surface area (Å²) in [4.78, 5) is 1.20. The van der Waals surface area contributed by atoms with Crippen molar-refractivity contribution in [3.63, 3.8) is 0 Å². The van der Waals surface area contributed by atoms with Gasteiger partial charge in [-0.15, -0.1) is 11.8 Å². The molecule has 2 rings (SSSR count). The molecule has 21 heavy (non-hydrogen) atoms. The number of rotatable bonds is 6. The molecule has 0 atom stereocenters. The average molecular weight is 324 g/mol. The number of aryl methyl sites for hydroxylation is 1. The van der Waals surface area contributed by atoms with E-state index in [0.29, 0.717) is 11.3 Å². The molecule has 0 aliphatic heterocycles. The molecule has 1 heterocycles. The molecule has 7 heteroatoms. The largest absolute Gasteiger partial charge is 0.468 e. The standard InChI is InChI=1S/C14H16N2O3S2/c1-10-13(6-7-19-10)20-8-9-21(17,18)12-4-2-11(3-5-12)14(15)16/h2-7H,8-9H2,1H3,(H3,15,16). The van der Waals surface area contributed by atoms with E-state index in [1.807, 2.05) is 13.0 Å². The summed E-state index contributed by atoms with van der Waals surface area (Å²) in [5.74, 6) is 1.21. The van der Waals surface area contributed by atoms with Gasteiger partial charge in [0.25, 0.3) is 0 Å². The van der Waals surface area contributed by atoms with Crippen LogP contribution in [0.25, 0.3) is 0 Å². The molecule has 2 aromatic rings. The highest BCUT2D eigenvalue weighted by molar-refractivity contribution is 8.00. The third-order valence-corrected chi connectivity index (χ3v) is 6.08.